The first-order valence-corrected chi connectivity index (χ1v) is 6.65. The van der Waals surface area contributed by atoms with Crippen LogP contribution in [0.25, 0.3) is 0 Å². The van der Waals surface area contributed by atoms with Crippen LogP contribution >= 0.6 is 11.3 Å². The molecule has 0 aliphatic carbocycles. The third kappa shape index (κ3) is 2.00. The Bertz CT molecular complexity index is 584. The lowest BCUT2D eigenvalue weighted by Crippen LogP contribution is -2.24. The second-order valence-corrected chi connectivity index (χ2v) is 5.35. The first-order chi connectivity index (χ1) is 8.63. The van der Waals surface area contributed by atoms with Crippen LogP contribution in [0.5, 0.6) is 5.75 Å². The predicted molar refractivity (Wildman–Crippen MR) is 68.2 cm³/mol. The second-order valence-electron chi connectivity index (χ2n) is 4.46. The van der Waals surface area contributed by atoms with Crippen molar-refractivity contribution in [3.05, 3.63) is 45.7 Å². The van der Waals surface area contributed by atoms with Crippen LogP contribution < -0.4 is 10.5 Å². The molecule has 2 heterocycles. The van der Waals surface area contributed by atoms with Crippen LogP contribution in [0.2, 0.25) is 0 Å². The van der Waals surface area contributed by atoms with Gasteiger partial charge in [0.25, 0.3) is 0 Å². The normalized spacial score (nSPS) is 22.4. The molecule has 0 fully saturated rings. The van der Waals surface area contributed by atoms with Gasteiger partial charge in [0.05, 0.1) is 0 Å². The third-order valence-corrected chi connectivity index (χ3v) is 4.08. The Morgan fingerprint density at radius 2 is 2.33 bits per heavy atom. The minimum atomic E-state index is -0.308. The second kappa shape index (κ2) is 4.33. The molecule has 0 saturated heterocycles. The minimum absolute atomic E-state index is 0.136. The SMILES string of the molecule is Cc1csc(C2C[C@@H](N)c3ccc(F)cc3O2)n1. The molecular formula is C13H13FN2OS. The minimum Gasteiger partial charge on any atom is -0.483 e. The molecule has 2 N–H and O–H groups in total. The molecule has 1 unspecified atom stereocenters. The summed E-state index contributed by atoms with van der Waals surface area (Å²) in [6.45, 7) is 1.94. The van der Waals surface area contributed by atoms with Crippen LogP contribution in [-0.4, -0.2) is 4.98 Å². The van der Waals surface area contributed by atoms with Gasteiger partial charge in [-0.05, 0) is 13.0 Å². The van der Waals surface area contributed by atoms with Gasteiger partial charge in [-0.1, -0.05) is 6.07 Å². The number of hydrogen-bond acceptors (Lipinski definition) is 4. The lowest BCUT2D eigenvalue weighted by atomic mass is 9.97. The lowest BCUT2D eigenvalue weighted by Gasteiger charge is -2.29. The first kappa shape index (κ1) is 11.6. The summed E-state index contributed by atoms with van der Waals surface area (Å²) in [5, 5.41) is 2.88. The van der Waals surface area contributed by atoms with Crippen molar-refractivity contribution in [2.24, 2.45) is 5.73 Å². The topological polar surface area (TPSA) is 48.1 Å². The molecule has 0 bridgehead atoms. The van der Waals surface area contributed by atoms with Crippen molar-refractivity contribution in [2.45, 2.75) is 25.5 Å². The summed E-state index contributed by atoms with van der Waals surface area (Å²) in [7, 11) is 0. The van der Waals surface area contributed by atoms with E-state index in [2.05, 4.69) is 4.98 Å². The molecule has 1 aromatic heterocycles. The Labute approximate surface area is 108 Å². The zero-order valence-electron chi connectivity index (χ0n) is 9.89. The maximum Gasteiger partial charge on any atom is 0.152 e. The number of nitrogens with two attached hydrogens (primary N) is 1. The van der Waals surface area contributed by atoms with Gasteiger partial charge in [-0.25, -0.2) is 9.37 Å². The molecule has 2 atom stereocenters. The van der Waals surface area contributed by atoms with E-state index in [1.54, 1.807) is 17.4 Å². The summed E-state index contributed by atoms with van der Waals surface area (Å²) < 4.78 is 19.0. The van der Waals surface area contributed by atoms with Gasteiger partial charge in [0.15, 0.2) is 6.10 Å². The predicted octanol–water partition coefficient (Wildman–Crippen LogP) is 3.11. The fourth-order valence-corrected chi connectivity index (χ4v) is 2.98. The maximum atomic E-state index is 13.2. The molecule has 18 heavy (non-hydrogen) atoms. The molecule has 3 rings (SSSR count). The summed E-state index contributed by atoms with van der Waals surface area (Å²) in [6, 6.07) is 4.36. The number of rotatable bonds is 1. The number of benzene rings is 1. The molecule has 1 aliphatic rings. The van der Waals surface area contributed by atoms with Crippen molar-refractivity contribution in [1.29, 1.82) is 0 Å². The van der Waals surface area contributed by atoms with E-state index in [0.29, 0.717) is 12.2 Å². The molecule has 1 aromatic carbocycles. The molecule has 0 radical (unpaired) electrons. The molecule has 0 saturated carbocycles. The van der Waals surface area contributed by atoms with Crippen molar-refractivity contribution in [1.82, 2.24) is 4.98 Å². The number of aromatic nitrogens is 1. The average Bonchev–Trinajstić information content (AvgIpc) is 2.75. The molecule has 2 aromatic rings. The standard InChI is InChI=1S/C13H13FN2OS/c1-7-6-18-13(16-7)12-5-10(15)9-3-2-8(14)4-11(9)17-12/h2-4,6,10,12H,5,15H2,1H3/t10-,12?/m1/s1. The van der Waals surface area contributed by atoms with E-state index in [9.17, 15) is 4.39 Å². The summed E-state index contributed by atoms with van der Waals surface area (Å²) in [6.07, 6.45) is 0.499. The van der Waals surface area contributed by atoms with E-state index in [4.69, 9.17) is 10.5 Å². The number of fused-ring (bicyclic) bond motifs is 1. The smallest absolute Gasteiger partial charge is 0.152 e. The highest BCUT2D eigenvalue weighted by Crippen LogP contribution is 2.40. The molecule has 5 heteroatoms. The maximum absolute atomic E-state index is 13.2. The van der Waals surface area contributed by atoms with Gasteiger partial charge in [-0.15, -0.1) is 11.3 Å². The lowest BCUT2D eigenvalue weighted by molar-refractivity contribution is 0.160. The van der Waals surface area contributed by atoms with Gasteiger partial charge >= 0.3 is 0 Å². The van der Waals surface area contributed by atoms with Crippen LogP contribution in [0.15, 0.2) is 23.6 Å². The van der Waals surface area contributed by atoms with Gasteiger partial charge in [0.2, 0.25) is 0 Å². The van der Waals surface area contributed by atoms with Crippen LogP contribution in [0.3, 0.4) is 0 Å². The fraction of sp³-hybridized carbons (Fsp3) is 0.308. The van der Waals surface area contributed by atoms with Gasteiger partial charge < -0.3 is 10.5 Å². The van der Waals surface area contributed by atoms with E-state index in [0.717, 1.165) is 16.3 Å². The van der Waals surface area contributed by atoms with Gasteiger partial charge in [-0.2, -0.15) is 0 Å². The number of thiazole rings is 1. The fourth-order valence-electron chi connectivity index (χ4n) is 2.15. The molecule has 1 aliphatic heterocycles. The van der Waals surface area contributed by atoms with Crippen molar-refractivity contribution in [2.75, 3.05) is 0 Å². The van der Waals surface area contributed by atoms with E-state index in [-0.39, 0.29) is 18.0 Å². The Hall–Kier alpha value is -1.46. The number of nitrogens with zero attached hydrogens (tertiary/aromatic N) is 1. The van der Waals surface area contributed by atoms with E-state index in [1.165, 1.54) is 12.1 Å². The molecule has 0 spiro atoms. The Morgan fingerprint density at radius 1 is 1.50 bits per heavy atom. The quantitative estimate of drug-likeness (QED) is 0.861. The summed E-state index contributed by atoms with van der Waals surface area (Å²) in [5.74, 6) is 0.225. The highest BCUT2D eigenvalue weighted by molar-refractivity contribution is 7.09. The van der Waals surface area contributed by atoms with Crippen molar-refractivity contribution >= 4 is 11.3 Å². The first-order valence-electron chi connectivity index (χ1n) is 5.77. The van der Waals surface area contributed by atoms with Crippen LogP contribution in [0.4, 0.5) is 4.39 Å². The van der Waals surface area contributed by atoms with Crippen LogP contribution in [0, 0.1) is 12.7 Å². The largest absolute Gasteiger partial charge is 0.483 e. The van der Waals surface area contributed by atoms with Crippen LogP contribution in [-0.2, 0) is 0 Å². The zero-order chi connectivity index (χ0) is 12.7. The highest BCUT2D eigenvalue weighted by Gasteiger charge is 2.29. The van der Waals surface area contributed by atoms with Gasteiger partial charge in [0.1, 0.15) is 16.6 Å². The molecular weight excluding hydrogens is 251 g/mol. The van der Waals surface area contributed by atoms with Crippen molar-refractivity contribution < 1.29 is 9.13 Å². The molecule has 3 nitrogen and oxygen atoms in total. The highest BCUT2D eigenvalue weighted by atomic mass is 32.1. The Balaban J connectivity index is 1.95. The van der Waals surface area contributed by atoms with E-state index in [1.807, 2.05) is 12.3 Å². The van der Waals surface area contributed by atoms with Gasteiger partial charge in [-0.3, -0.25) is 0 Å². The third-order valence-electron chi connectivity index (χ3n) is 3.02. The average molecular weight is 264 g/mol. The number of halogens is 1. The van der Waals surface area contributed by atoms with E-state index >= 15 is 0 Å². The van der Waals surface area contributed by atoms with Gasteiger partial charge in [0, 0.05) is 35.2 Å². The zero-order valence-corrected chi connectivity index (χ0v) is 10.7. The number of hydrogen-bond donors (Lipinski definition) is 1. The summed E-state index contributed by atoms with van der Waals surface area (Å²) in [5.41, 5.74) is 7.94. The molecule has 94 valence electrons. The van der Waals surface area contributed by atoms with E-state index < -0.39 is 0 Å². The summed E-state index contributed by atoms with van der Waals surface area (Å²) >= 11 is 1.55. The number of aryl methyl sites for hydroxylation is 1. The Morgan fingerprint density at radius 3 is 3.06 bits per heavy atom. The molecule has 0 amide bonds. The van der Waals surface area contributed by atoms with Crippen molar-refractivity contribution in [3.8, 4) is 5.75 Å². The summed E-state index contributed by atoms with van der Waals surface area (Å²) in [4.78, 5) is 4.41. The van der Waals surface area contributed by atoms with Crippen LogP contribution in [0.1, 0.15) is 34.8 Å². The monoisotopic (exact) mass is 264 g/mol. The Kier molecular flexibility index (Phi) is 2.80. The number of ether oxygens (including phenoxy) is 1. The van der Waals surface area contributed by atoms with Crippen molar-refractivity contribution in [3.63, 3.8) is 0 Å².